The zero-order valence-electron chi connectivity index (χ0n) is 40.5. The van der Waals surface area contributed by atoms with Crippen LogP contribution in [-0.4, -0.2) is 0 Å². The van der Waals surface area contributed by atoms with E-state index in [1.807, 2.05) is 13.8 Å². The van der Waals surface area contributed by atoms with Gasteiger partial charge in [-0.25, -0.2) is 0 Å². The molecule has 0 fully saturated rings. The number of furan rings is 1. The lowest BCUT2D eigenvalue weighted by Crippen LogP contribution is -2.24. The molecule has 3 aliphatic carbocycles. The molecule has 1 aromatic heterocycles. The molecule has 322 valence electrons. The van der Waals surface area contributed by atoms with E-state index < -0.39 is 0 Å². The Balaban J connectivity index is 0.00000239. The zero-order valence-corrected chi connectivity index (χ0v) is 40.5. The van der Waals surface area contributed by atoms with Crippen LogP contribution >= 0.6 is 0 Å². The van der Waals surface area contributed by atoms with Crippen molar-refractivity contribution in [3.8, 4) is 33.4 Å². The predicted molar refractivity (Wildman–Crippen MR) is 275 cm³/mol. The van der Waals surface area contributed by atoms with Crippen LogP contribution in [0.3, 0.4) is 0 Å². The van der Waals surface area contributed by atoms with Gasteiger partial charge in [0.1, 0.15) is 11.2 Å². The van der Waals surface area contributed by atoms with E-state index in [0.29, 0.717) is 0 Å². The summed E-state index contributed by atoms with van der Waals surface area (Å²) in [7, 11) is 0. The van der Waals surface area contributed by atoms with Crippen LogP contribution in [0.25, 0.3) is 60.9 Å². The lowest BCUT2D eigenvalue weighted by atomic mass is 9.72. The van der Waals surface area contributed by atoms with Crippen LogP contribution in [0.5, 0.6) is 0 Å². The first kappa shape index (κ1) is 41.9. The molecule has 0 bridgehead atoms. The monoisotopic (exact) mass is 837 g/mol. The molecule has 0 N–H and O–H groups in total. The molecule has 0 unspecified atom stereocenters. The second kappa shape index (κ2) is 14.2. The van der Waals surface area contributed by atoms with Crippen molar-refractivity contribution in [3.05, 3.63) is 177 Å². The SMILES string of the molecule is C/C=C(\C)c1cc(C)cc2c1-c1ccc(N(c3ccc4c(c3)C(C)(C)c3c5c(c6oc7ccccc7c6c3-4)-c3ccccc3C5(C)C)c3ccccc3C(C)(C)C)cc1C2(C)C.CC. The number of hydrogen-bond acceptors (Lipinski definition) is 2. The van der Waals surface area contributed by atoms with Crippen molar-refractivity contribution in [2.75, 3.05) is 4.90 Å². The van der Waals surface area contributed by atoms with E-state index in [4.69, 9.17) is 4.42 Å². The highest BCUT2D eigenvalue weighted by Gasteiger charge is 2.49. The van der Waals surface area contributed by atoms with Gasteiger partial charge in [0.2, 0.25) is 0 Å². The first-order chi connectivity index (χ1) is 30.5. The lowest BCUT2D eigenvalue weighted by molar-refractivity contribution is 0.591. The zero-order chi connectivity index (χ0) is 45.4. The van der Waals surface area contributed by atoms with Crippen LogP contribution in [0.2, 0.25) is 0 Å². The third-order valence-electron chi connectivity index (χ3n) is 15.1. The van der Waals surface area contributed by atoms with E-state index in [1.165, 1.54) is 117 Å². The molecular formula is C62H63NO. The summed E-state index contributed by atoms with van der Waals surface area (Å²) in [5.41, 5.74) is 26.3. The van der Waals surface area contributed by atoms with Gasteiger partial charge in [0.05, 0.1) is 0 Å². The predicted octanol–water partition coefficient (Wildman–Crippen LogP) is 18.0. The molecule has 8 aromatic rings. The van der Waals surface area contributed by atoms with Crippen molar-refractivity contribution in [2.24, 2.45) is 0 Å². The van der Waals surface area contributed by atoms with Gasteiger partial charge < -0.3 is 9.32 Å². The minimum absolute atomic E-state index is 0.0845. The molecule has 0 aliphatic heterocycles. The molecule has 1 heterocycles. The van der Waals surface area contributed by atoms with Crippen molar-refractivity contribution in [3.63, 3.8) is 0 Å². The van der Waals surface area contributed by atoms with Crippen LogP contribution in [0.1, 0.15) is 140 Å². The van der Waals surface area contributed by atoms with Crippen LogP contribution in [0.15, 0.2) is 132 Å². The van der Waals surface area contributed by atoms with E-state index >= 15 is 0 Å². The van der Waals surface area contributed by atoms with Gasteiger partial charge in [-0.05, 0) is 140 Å². The Hall–Kier alpha value is -6.12. The minimum atomic E-state index is -0.299. The maximum absolute atomic E-state index is 6.98. The number of aryl methyl sites for hydroxylation is 1. The third kappa shape index (κ3) is 5.63. The van der Waals surface area contributed by atoms with Gasteiger partial charge in [0.15, 0.2) is 0 Å². The van der Waals surface area contributed by atoms with Crippen LogP contribution in [0, 0.1) is 6.92 Å². The number of allylic oxidation sites excluding steroid dienone is 2. The summed E-state index contributed by atoms with van der Waals surface area (Å²) in [6, 6.07) is 46.1. The molecule has 0 atom stereocenters. The minimum Gasteiger partial charge on any atom is -0.455 e. The molecule has 0 amide bonds. The first-order valence-corrected chi connectivity index (χ1v) is 23.6. The highest BCUT2D eigenvalue weighted by Crippen LogP contribution is 2.64. The third-order valence-corrected chi connectivity index (χ3v) is 15.1. The Kier molecular flexibility index (Phi) is 9.28. The average molecular weight is 838 g/mol. The van der Waals surface area contributed by atoms with Crippen molar-refractivity contribution in [2.45, 2.75) is 119 Å². The second-order valence-corrected chi connectivity index (χ2v) is 21.0. The Morgan fingerprint density at radius 2 is 1.14 bits per heavy atom. The molecule has 2 nitrogen and oxygen atoms in total. The fourth-order valence-electron chi connectivity index (χ4n) is 12.0. The first-order valence-electron chi connectivity index (χ1n) is 23.6. The molecule has 0 saturated carbocycles. The number of fused-ring (bicyclic) bond motifs is 15. The van der Waals surface area contributed by atoms with Crippen molar-refractivity contribution < 1.29 is 4.42 Å². The lowest BCUT2D eigenvalue weighted by Gasteiger charge is -2.34. The fraction of sp³-hybridized carbons (Fsp3) is 0.290. The van der Waals surface area contributed by atoms with Crippen LogP contribution in [0.4, 0.5) is 17.1 Å². The standard InChI is InChI=1S/C60H57NO.C2H6/c1-13-35(3)42-30-34(2)31-47-50(42)39-28-26-36(32-45(39)58(47,7)8)61(48-24-18-17-23-44(48)57(4,5)6)37-27-29-40-46(33-37)60(11,12)54-51(40)52-41-21-15-19-25-49(41)62-56(52)53-38-20-14-16-22-43(38)59(9,10)55(53)54;1-2/h13-33H,1-12H3;1-2H3/b35-13+;. The van der Waals surface area contributed by atoms with Gasteiger partial charge in [0, 0.05) is 49.6 Å². The van der Waals surface area contributed by atoms with Gasteiger partial charge in [0.25, 0.3) is 0 Å². The van der Waals surface area contributed by atoms with Crippen molar-refractivity contribution in [1.29, 1.82) is 0 Å². The Morgan fingerprint density at radius 3 is 1.83 bits per heavy atom. The number of para-hydroxylation sites is 2. The summed E-state index contributed by atoms with van der Waals surface area (Å²) in [5, 5.41) is 2.42. The molecular weight excluding hydrogens is 775 g/mol. The molecule has 0 spiro atoms. The van der Waals surface area contributed by atoms with E-state index in [9.17, 15) is 0 Å². The summed E-state index contributed by atoms with van der Waals surface area (Å²) < 4.78 is 6.98. The average Bonchev–Trinajstić information content (AvgIpc) is 3.92. The molecule has 2 heteroatoms. The number of anilines is 3. The molecule has 11 rings (SSSR count). The molecule has 7 aromatic carbocycles. The quantitative estimate of drug-likeness (QED) is 0.176. The van der Waals surface area contributed by atoms with Gasteiger partial charge in [-0.2, -0.15) is 0 Å². The van der Waals surface area contributed by atoms with E-state index in [0.717, 1.165) is 11.2 Å². The highest BCUT2D eigenvalue weighted by atomic mass is 16.3. The number of hydrogen-bond donors (Lipinski definition) is 0. The smallest absolute Gasteiger partial charge is 0.144 e. The number of benzene rings is 7. The highest BCUT2D eigenvalue weighted by molar-refractivity contribution is 6.21. The van der Waals surface area contributed by atoms with E-state index in [2.05, 4.69) is 215 Å². The summed E-state index contributed by atoms with van der Waals surface area (Å²) in [6.07, 6.45) is 2.25. The van der Waals surface area contributed by atoms with Gasteiger partial charge in [-0.15, -0.1) is 0 Å². The van der Waals surface area contributed by atoms with Gasteiger partial charge in [-0.3, -0.25) is 0 Å². The Labute approximate surface area is 381 Å². The second-order valence-electron chi connectivity index (χ2n) is 21.0. The largest absolute Gasteiger partial charge is 0.455 e. The molecule has 0 saturated heterocycles. The normalized spacial score (nSPS) is 15.8. The van der Waals surface area contributed by atoms with Crippen molar-refractivity contribution >= 4 is 44.6 Å². The van der Waals surface area contributed by atoms with Crippen molar-refractivity contribution in [1.82, 2.24) is 0 Å². The topological polar surface area (TPSA) is 16.4 Å². The van der Waals surface area contributed by atoms with Crippen LogP contribution < -0.4 is 4.90 Å². The molecule has 3 aliphatic rings. The number of nitrogens with zero attached hydrogens (tertiary/aromatic N) is 1. The summed E-state index contributed by atoms with van der Waals surface area (Å²) >= 11 is 0. The summed E-state index contributed by atoms with van der Waals surface area (Å²) in [6.45, 7) is 32.2. The van der Waals surface area contributed by atoms with E-state index in [-0.39, 0.29) is 21.7 Å². The van der Waals surface area contributed by atoms with Gasteiger partial charge >= 0.3 is 0 Å². The summed E-state index contributed by atoms with van der Waals surface area (Å²) in [5.74, 6) is 0. The van der Waals surface area contributed by atoms with E-state index in [1.54, 1.807) is 0 Å². The number of rotatable bonds is 4. The maximum atomic E-state index is 6.98. The maximum Gasteiger partial charge on any atom is 0.144 e. The van der Waals surface area contributed by atoms with Gasteiger partial charge in [-0.1, -0.05) is 173 Å². The fourth-order valence-corrected chi connectivity index (χ4v) is 12.0. The Morgan fingerprint density at radius 1 is 0.578 bits per heavy atom. The van der Waals surface area contributed by atoms with Crippen LogP contribution in [-0.2, 0) is 21.7 Å². The molecule has 0 radical (unpaired) electrons. The Bertz CT molecular complexity index is 3280. The summed E-state index contributed by atoms with van der Waals surface area (Å²) in [4.78, 5) is 2.55. The molecule has 64 heavy (non-hydrogen) atoms.